The number of pyridine rings is 2. The van der Waals surface area contributed by atoms with Crippen molar-refractivity contribution in [2.24, 2.45) is 0 Å². The quantitative estimate of drug-likeness (QED) is 0.0593. The number of amides is 4. The summed E-state index contributed by atoms with van der Waals surface area (Å²) in [6.07, 6.45) is -4.95. The summed E-state index contributed by atoms with van der Waals surface area (Å²) in [5.41, 5.74) is 1.47. The van der Waals surface area contributed by atoms with Gasteiger partial charge in [-0.3, -0.25) is 14.9 Å². The van der Waals surface area contributed by atoms with Crippen LogP contribution in [0.5, 0.6) is 57.5 Å². The lowest BCUT2D eigenvalue weighted by molar-refractivity contribution is -0.138. The molecule has 18 nitrogen and oxygen atoms in total. The number of hydrogen-bond acceptors (Lipinski definition) is 14. The van der Waals surface area contributed by atoms with Crippen LogP contribution in [0.25, 0.3) is 21.8 Å². The first-order valence-electron chi connectivity index (χ1n) is 26.4. The lowest BCUT2D eigenvalue weighted by atomic mass is 10.1. The van der Waals surface area contributed by atoms with E-state index in [0.29, 0.717) is 135 Å². The molecule has 4 amide bonds. The van der Waals surface area contributed by atoms with Gasteiger partial charge >= 0.3 is 24.4 Å². The van der Waals surface area contributed by atoms with Crippen molar-refractivity contribution >= 4 is 56.6 Å². The molecule has 4 N–H and O–H groups in total. The zero-order chi connectivity index (χ0) is 59.0. The number of benzene rings is 6. The Kier molecular flexibility index (Phi) is 17.5. The van der Waals surface area contributed by atoms with E-state index >= 15 is 0 Å². The molecule has 2 aromatic heterocycles. The predicted octanol–water partition coefficient (Wildman–Crippen LogP) is 13.6. The summed E-state index contributed by atoms with van der Waals surface area (Å²) in [7, 11) is 1.54. The number of rotatable bonds is 14. The SMILES string of the molecule is COc1cc2nccc(Oc3ccc(NC(=O)Nc4cc(C(F)(F)F)ccc4C)cc3)c2c2c1OCCO2.Cc1ccc(C(F)(F)F)cc1NC(=O)Nc1ccc(Oc2ccnc3cc(OCCCN4CCOCC4)c4c(c23)OCCO4)cc1. The topological polar surface area (TPSA) is 194 Å². The first kappa shape index (κ1) is 57.8. The fraction of sp³-hybridized carbons (Fsp3) is 0.267. The number of aryl methyl sites for hydroxylation is 2. The molecule has 0 radical (unpaired) electrons. The van der Waals surface area contributed by atoms with Gasteiger partial charge in [0.25, 0.3) is 0 Å². The van der Waals surface area contributed by atoms with Gasteiger partial charge in [-0.1, -0.05) is 12.1 Å². The molecule has 3 aliphatic heterocycles. The fourth-order valence-corrected chi connectivity index (χ4v) is 9.17. The first-order chi connectivity index (χ1) is 40.5. The number of fused-ring (bicyclic) bond motifs is 6. The van der Waals surface area contributed by atoms with Gasteiger partial charge in [0.05, 0.1) is 59.9 Å². The Morgan fingerprint density at radius 1 is 0.536 bits per heavy atom. The zero-order valence-electron chi connectivity index (χ0n) is 45.4. The fourth-order valence-electron chi connectivity index (χ4n) is 9.17. The molecule has 1 saturated heterocycles. The number of carbonyl (C=O) groups excluding carboxylic acids is 2. The summed E-state index contributed by atoms with van der Waals surface area (Å²) in [6, 6.07) is 25.0. The molecule has 84 heavy (non-hydrogen) atoms. The monoisotopic (exact) mass is 1160 g/mol. The largest absolute Gasteiger partial charge is 0.493 e. The highest BCUT2D eigenvalue weighted by Gasteiger charge is 2.33. The average Bonchev–Trinajstić information content (AvgIpc) is 3.67. The number of halogens is 6. The summed E-state index contributed by atoms with van der Waals surface area (Å²) in [5, 5.41) is 11.4. The lowest BCUT2D eigenvalue weighted by Crippen LogP contribution is -2.37. The molecule has 24 heteroatoms. The van der Waals surface area contributed by atoms with E-state index in [2.05, 4.69) is 36.1 Å². The van der Waals surface area contributed by atoms with Gasteiger partial charge in [0.15, 0.2) is 23.0 Å². The van der Waals surface area contributed by atoms with Crippen LogP contribution in [0, 0.1) is 13.8 Å². The van der Waals surface area contributed by atoms with Gasteiger partial charge < -0.3 is 63.9 Å². The molecule has 11 rings (SSSR count). The number of urea groups is 2. The molecule has 0 atom stereocenters. The summed E-state index contributed by atoms with van der Waals surface area (Å²) in [6.45, 7) is 9.50. The Morgan fingerprint density at radius 3 is 1.43 bits per heavy atom. The van der Waals surface area contributed by atoms with E-state index in [0.717, 1.165) is 63.5 Å². The highest BCUT2D eigenvalue weighted by molar-refractivity contribution is 6.01. The molecular weight excluding hydrogens is 1110 g/mol. The predicted molar refractivity (Wildman–Crippen MR) is 300 cm³/mol. The minimum atomic E-state index is -4.52. The Labute approximate surface area is 476 Å². The number of nitrogens with zero attached hydrogens (tertiary/aromatic N) is 3. The van der Waals surface area contributed by atoms with Crippen LogP contribution in [0.2, 0.25) is 0 Å². The van der Waals surface area contributed by atoms with E-state index in [9.17, 15) is 35.9 Å². The number of carbonyl (C=O) groups is 2. The number of alkyl halides is 6. The zero-order valence-corrected chi connectivity index (χ0v) is 45.4. The Balaban J connectivity index is 0.000000191. The molecule has 0 bridgehead atoms. The Bertz CT molecular complexity index is 3680. The third kappa shape index (κ3) is 13.9. The standard InChI is InChI=1S/C33H33F3N4O6.C27H22F3N3O5/c1-21-3-4-22(33(34,35)36)19-25(21)39-32(41)38-23-5-7-24(8-6-23)46-27-9-10-37-26-20-28(30-31(29(26)27)45-18-17-44-30)43-14-2-11-40-12-15-42-16-13-40;1-15-3-4-16(27(28,29)30)13-19(15)33-26(34)32-17-5-7-18(8-6-17)38-21-9-10-31-20-14-22(35-2)24-25(23(20)21)37-12-11-36-24/h3-10,19-20H,2,11-18H2,1H3,(H2,38,39,41);3-10,13-14H,11-12H2,1-2H3,(H2,32,33,34). The number of aromatic nitrogens is 2. The molecule has 0 unspecified atom stereocenters. The third-order valence-corrected chi connectivity index (χ3v) is 13.4. The van der Waals surface area contributed by atoms with Gasteiger partial charge in [-0.25, -0.2) is 9.59 Å². The molecule has 1 fully saturated rings. The second-order valence-electron chi connectivity index (χ2n) is 19.2. The van der Waals surface area contributed by atoms with Gasteiger partial charge in [-0.05, 0) is 116 Å². The summed E-state index contributed by atoms with van der Waals surface area (Å²) < 4.78 is 131. The smallest absolute Gasteiger partial charge is 0.416 e. The van der Waals surface area contributed by atoms with E-state index < -0.39 is 35.5 Å². The van der Waals surface area contributed by atoms with Crippen LogP contribution >= 0.6 is 0 Å². The Morgan fingerprint density at radius 2 is 0.976 bits per heavy atom. The van der Waals surface area contributed by atoms with Gasteiger partial charge in [-0.15, -0.1) is 0 Å². The van der Waals surface area contributed by atoms with Gasteiger partial charge in [0.2, 0.25) is 11.5 Å². The van der Waals surface area contributed by atoms with Crippen molar-refractivity contribution in [3.8, 4) is 57.5 Å². The molecule has 8 aromatic rings. The van der Waals surface area contributed by atoms with Gasteiger partial charge in [0.1, 0.15) is 49.4 Å². The molecule has 3 aliphatic rings. The molecular formula is C60H55F6N7O11. The Hall–Kier alpha value is -9.42. The van der Waals surface area contributed by atoms with Crippen molar-refractivity contribution in [2.75, 3.05) is 94.3 Å². The lowest BCUT2D eigenvalue weighted by Gasteiger charge is -2.26. The summed E-state index contributed by atoms with van der Waals surface area (Å²) >= 11 is 0. The van der Waals surface area contributed by atoms with E-state index in [1.54, 1.807) is 93.0 Å². The maximum atomic E-state index is 13.1. The number of nitrogens with one attached hydrogen (secondary N) is 4. The van der Waals surface area contributed by atoms with Crippen molar-refractivity contribution in [1.82, 2.24) is 14.9 Å². The van der Waals surface area contributed by atoms with Gasteiger partial charge in [-0.2, -0.15) is 26.3 Å². The van der Waals surface area contributed by atoms with Crippen LogP contribution in [0.4, 0.5) is 58.7 Å². The molecule has 6 aromatic carbocycles. The first-order valence-corrected chi connectivity index (χ1v) is 26.4. The summed E-state index contributed by atoms with van der Waals surface area (Å²) in [5.74, 6) is 4.94. The van der Waals surface area contributed by atoms with Crippen molar-refractivity contribution in [2.45, 2.75) is 32.6 Å². The average molecular weight is 1160 g/mol. The summed E-state index contributed by atoms with van der Waals surface area (Å²) in [4.78, 5) is 36.3. The van der Waals surface area contributed by atoms with Gasteiger partial charge in [0, 0.05) is 66.9 Å². The van der Waals surface area contributed by atoms with Crippen LogP contribution < -0.4 is 59.2 Å². The minimum Gasteiger partial charge on any atom is -0.493 e. The minimum absolute atomic E-state index is 0.0629. The third-order valence-electron chi connectivity index (χ3n) is 13.4. The van der Waals surface area contributed by atoms with Crippen LogP contribution in [0.15, 0.2) is 122 Å². The number of anilines is 4. The van der Waals surface area contributed by atoms with E-state index in [-0.39, 0.29) is 11.4 Å². The number of methoxy groups -OCH3 is 1. The maximum absolute atomic E-state index is 13.1. The van der Waals surface area contributed by atoms with Crippen LogP contribution in [-0.2, 0) is 17.1 Å². The van der Waals surface area contributed by atoms with Crippen LogP contribution in [0.3, 0.4) is 0 Å². The molecule has 0 aliphatic carbocycles. The van der Waals surface area contributed by atoms with Crippen molar-refractivity contribution < 1.29 is 78.6 Å². The van der Waals surface area contributed by atoms with Crippen LogP contribution in [0.1, 0.15) is 28.7 Å². The highest BCUT2D eigenvalue weighted by atomic mass is 19.4. The van der Waals surface area contributed by atoms with E-state index in [4.69, 9.17) is 42.6 Å². The van der Waals surface area contributed by atoms with Crippen molar-refractivity contribution in [3.63, 3.8) is 0 Å². The van der Waals surface area contributed by atoms with E-state index in [1.807, 2.05) is 6.07 Å². The molecule has 5 heterocycles. The second kappa shape index (κ2) is 25.4. The van der Waals surface area contributed by atoms with Crippen molar-refractivity contribution in [1.29, 1.82) is 0 Å². The second-order valence-corrected chi connectivity index (χ2v) is 19.2. The molecule has 438 valence electrons. The van der Waals surface area contributed by atoms with Crippen molar-refractivity contribution in [3.05, 3.63) is 144 Å². The highest BCUT2D eigenvalue weighted by Crippen LogP contribution is 2.50. The maximum Gasteiger partial charge on any atom is 0.416 e. The molecule has 0 saturated carbocycles. The number of hydrogen-bond donors (Lipinski definition) is 4. The molecule has 0 spiro atoms. The number of ether oxygens (including phenoxy) is 9. The number of morpholine rings is 1. The normalized spacial score (nSPS) is 13.9. The van der Waals surface area contributed by atoms with E-state index in [1.165, 1.54) is 19.2 Å². The van der Waals surface area contributed by atoms with Crippen LogP contribution in [-0.4, -0.2) is 99.9 Å².